The summed E-state index contributed by atoms with van der Waals surface area (Å²) in [4.78, 5) is 27.1. The minimum Gasteiger partial charge on any atom is -0.493 e. The number of amides is 3. The van der Waals surface area contributed by atoms with Gasteiger partial charge in [-0.1, -0.05) is 37.5 Å². The van der Waals surface area contributed by atoms with Crippen LogP contribution in [-0.2, 0) is 10.3 Å². The highest BCUT2D eigenvalue weighted by molar-refractivity contribution is 6.07. The molecule has 1 atom stereocenters. The van der Waals surface area contributed by atoms with Crippen LogP contribution in [0.1, 0.15) is 50.5 Å². The van der Waals surface area contributed by atoms with E-state index in [0.29, 0.717) is 31.7 Å². The summed E-state index contributed by atoms with van der Waals surface area (Å²) in [7, 11) is 0. The third-order valence-corrected chi connectivity index (χ3v) is 6.12. The molecule has 26 heavy (non-hydrogen) atoms. The second kappa shape index (κ2) is 6.31. The predicted molar refractivity (Wildman–Crippen MR) is 94.2 cm³/mol. The molecule has 1 aromatic carbocycles. The van der Waals surface area contributed by atoms with Gasteiger partial charge >= 0.3 is 6.03 Å². The highest BCUT2D eigenvalue weighted by atomic mass is 16.5. The van der Waals surface area contributed by atoms with Crippen LogP contribution in [0.25, 0.3) is 0 Å². The third kappa shape index (κ3) is 2.54. The molecule has 6 heteroatoms. The Morgan fingerprint density at radius 2 is 1.92 bits per heavy atom. The summed E-state index contributed by atoms with van der Waals surface area (Å²) in [6.45, 7) is 0.683. The van der Waals surface area contributed by atoms with Gasteiger partial charge in [0.15, 0.2) is 5.54 Å². The van der Waals surface area contributed by atoms with E-state index in [-0.39, 0.29) is 11.9 Å². The first-order chi connectivity index (χ1) is 12.6. The summed E-state index contributed by atoms with van der Waals surface area (Å²) in [5.74, 6) is 0.428. The zero-order valence-electron chi connectivity index (χ0n) is 14.8. The van der Waals surface area contributed by atoms with Crippen molar-refractivity contribution in [1.82, 2.24) is 10.2 Å². The first-order valence-electron chi connectivity index (χ1n) is 9.38. The minimum absolute atomic E-state index is 0.220. The molecule has 2 heterocycles. The molecule has 6 nitrogen and oxygen atoms in total. The van der Waals surface area contributed by atoms with Gasteiger partial charge in [-0.3, -0.25) is 9.69 Å². The van der Waals surface area contributed by atoms with Crippen LogP contribution in [0.2, 0.25) is 0 Å². The maximum absolute atomic E-state index is 13.2. The monoisotopic (exact) mass is 353 g/mol. The smallest absolute Gasteiger partial charge is 0.325 e. The Hall–Kier alpha value is -2.55. The number of rotatable bonds is 3. The van der Waals surface area contributed by atoms with Crippen LogP contribution in [-0.4, -0.2) is 30.0 Å². The number of para-hydroxylation sites is 1. The maximum atomic E-state index is 13.2. The number of carbonyl (C=O) groups excluding carboxylic acids is 2. The normalized spacial score (nSPS) is 26.8. The molecular weight excluding hydrogens is 330 g/mol. The summed E-state index contributed by atoms with van der Waals surface area (Å²) >= 11 is 0. The molecule has 3 aliphatic rings. The molecule has 2 fully saturated rings. The van der Waals surface area contributed by atoms with Crippen LogP contribution in [0.15, 0.2) is 24.3 Å². The van der Waals surface area contributed by atoms with E-state index in [9.17, 15) is 14.9 Å². The predicted octanol–water partition coefficient (Wildman–Crippen LogP) is 3.08. The first kappa shape index (κ1) is 16.9. The van der Waals surface area contributed by atoms with Crippen molar-refractivity contribution in [2.75, 3.05) is 13.2 Å². The zero-order valence-corrected chi connectivity index (χ0v) is 14.8. The number of imide groups is 1. The molecule has 2 aliphatic heterocycles. The Labute approximate surface area is 153 Å². The molecule has 3 amide bonds. The summed E-state index contributed by atoms with van der Waals surface area (Å²) in [5, 5.41) is 12.6. The van der Waals surface area contributed by atoms with E-state index in [1.165, 1.54) is 4.90 Å². The fraction of sp³-hybridized carbons (Fsp3) is 0.550. The molecule has 1 N–H and O–H groups in total. The standard InChI is InChI=1S/C20H23N3O3/c21-14-19(8-4-1-5-9-19)10-12-23-17(24)20(22-18(23)25)11-13-26-16-7-3-2-6-15(16)20/h2-3,6-7H,1,4-5,8-13H2,(H,22,25). The van der Waals surface area contributed by atoms with Gasteiger partial charge in [-0.25, -0.2) is 4.79 Å². The van der Waals surface area contributed by atoms with Crippen molar-refractivity contribution in [3.63, 3.8) is 0 Å². The van der Waals surface area contributed by atoms with Gasteiger partial charge in [0.25, 0.3) is 5.91 Å². The molecule has 0 aromatic heterocycles. The molecule has 1 spiro atoms. The lowest BCUT2D eigenvalue weighted by atomic mass is 9.73. The van der Waals surface area contributed by atoms with E-state index in [0.717, 1.165) is 37.7 Å². The maximum Gasteiger partial charge on any atom is 0.325 e. The van der Waals surface area contributed by atoms with E-state index in [1.807, 2.05) is 24.3 Å². The molecule has 0 radical (unpaired) electrons. The fourth-order valence-corrected chi connectivity index (χ4v) is 4.55. The molecule has 0 bridgehead atoms. The molecule has 1 aliphatic carbocycles. The van der Waals surface area contributed by atoms with E-state index in [1.54, 1.807) is 0 Å². The van der Waals surface area contributed by atoms with Gasteiger partial charge in [0.2, 0.25) is 0 Å². The van der Waals surface area contributed by atoms with Crippen molar-refractivity contribution in [3.05, 3.63) is 29.8 Å². The number of urea groups is 1. The van der Waals surface area contributed by atoms with Gasteiger partial charge < -0.3 is 10.1 Å². The second-order valence-electron chi connectivity index (χ2n) is 7.59. The van der Waals surface area contributed by atoms with Gasteiger partial charge in [-0.15, -0.1) is 0 Å². The minimum atomic E-state index is -1.03. The van der Waals surface area contributed by atoms with Gasteiger partial charge in [-0.05, 0) is 25.3 Å². The lowest BCUT2D eigenvalue weighted by molar-refractivity contribution is -0.132. The van der Waals surface area contributed by atoms with Crippen molar-refractivity contribution in [1.29, 1.82) is 5.26 Å². The third-order valence-electron chi connectivity index (χ3n) is 6.12. The highest BCUT2D eigenvalue weighted by Gasteiger charge is 2.55. The summed E-state index contributed by atoms with van der Waals surface area (Å²) in [6, 6.07) is 9.48. The number of nitrogens with one attached hydrogen (secondary N) is 1. The first-order valence-corrected chi connectivity index (χ1v) is 9.38. The number of nitriles is 1. The average molecular weight is 353 g/mol. The summed E-state index contributed by atoms with van der Waals surface area (Å²) in [6.07, 6.45) is 5.94. The number of hydrogen-bond donors (Lipinski definition) is 1. The molecule has 1 saturated carbocycles. The number of hydrogen-bond acceptors (Lipinski definition) is 4. The molecule has 4 rings (SSSR count). The van der Waals surface area contributed by atoms with E-state index in [4.69, 9.17) is 4.74 Å². The van der Waals surface area contributed by atoms with Crippen LogP contribution in [0, 0.1) is 16.7 Å². The van der Waals surface area contributed by atoms with Crippen LogP contribution in [0.5, 0.6) is 5.75 Å². The second-order valence-corrected chi connectivity index (χ2v) is 7.59. The van der Waals surface area contributed by atoms with Crippen LogP contribution in [0.4, 0.5) is 4.79 Å². The summed E-state index contributed by atoms with van der Waals surface area (Å²) in [5.41, 5.74) is -0.708. The topological polar surface area (TPSA) is 82.4 Å². The van der Waals surface area contributed by atoms with Crippen molar-refractivity contribution in [2.45, 2.75) is 50.5 Å². The van der Waals surface area contributed by atoms with Gasteiger partial charge in [-0.2, -0.15) is 5.26 Å². The highest BCUT2D eigenvalue weighted by Crippen LogP contribution is 2.43. The number of carbonyl (C=O) groups is 2. The van der Waals surface area contributed by atoms with Crippen molar-refractivity contribution in [2.24, 2.45) is 5.41 Å². The molecule has 1 unspecified atom stereocenters. The van der Waals surface area contributed by atoms with E-state index >= 15 is 0 Å². The average Bonchev–Trinajstić information content (AvgIpc) is 2.91. The van der Waals surface area contributed by atoms with Crippen LogP contribution in [0.3, 0.4) is 0 Å². The number of nitrogens with zero attached hydrogens (tertiary/aromatic N) is 2. The lowest BCUT2D eigenvalue weighted by Gasteiger charge is -2.34. The zero-order chi connectivity index (χ0) is 18.2. The number of fused-ring (bicyclic) bond motifs is 2. The van der Waals surface area contributed by atoms with E-state index < -0.39 is 11.0 Å². The van der Waals surface area contributed by atoms with Gasteiger partial charge in [0.05, 0.1) is 18.1 Å². The Balaban J connectivity index is 1.56. The van der Waals surface area contributed by atoms with Crippen molar-refractivity contribution >= 4 is 11.9 Å². The van der Waals surface area contributed by atoms with Gasteiger partial charge in [0.1, 0.15) is 5.75 Å². The Morgan fingerprint density at radius 1 is 1.15 bits per heavy atom. The quantitative estimate of drug-likeness (QED) is 0.847. The Kier molecular flexibility index (Phi) is 4.10. The SMILES string of the molecule is N#CC1(CCN2C(=O)NC3(CCOc4ccccc43)C2=O)CCCCC1. The Morgan fingerprint density at radius 3 is 2.69 bits per heavy atom. The van der Waals surface area contributed by atoms with E-state index in [2.05, 4.69) is 11.4 Å². The van der Waals surface area contributed by atoms with Crippen LogP contribution >= 0.6 is 0 Å². The largest absolute Gasteiger partial charge is 0.493 e. The van der Waals surface area contributed by atoms with Gasteiger partial charge in [0, 0.05) is 18.5 Å². The fourth-order valence-electron chi connectivity index (χ4n) is 4.55. The number of benzene rings is 1. The van der Waals surface area contributed by atoms with Crippen molar-refractivity contribution < 1.29 is 14.3 Å². The lowest BCUT2D eigenvalue weighted by Crippen LogP contribution is -2.47. The summed E-state index contributed by atoms with van der Waals surface area (Å²) < 4.78 is 5.65. The Bertz CT molecular complexity index is 779. The molecular formula is C20H23N3O3. The number of ether oxygens (including phenoxy) is 1. The van der Waals surface area contributed by atoms with Crippen molar-refractivity contribution in [3.8, 4) is 11.8 Å². The molecule has 1 aromatic rings. The van der Waals surface area contributed by atoms with Crippen LogP contribution < -0.4 is 10.1 Å². The molecule has 1 saturated heterocycles. The molecule has 136 valence electrons.